The van der Waals surface area contributed by atoms with E-state index in [2.05, 4.69) is 18.9 Å². The van der Waals surface area contributed by atoms with Crippen LogP contribution in [0, 0.1) is 0 Å². The van der Waals surface area contributed by atoms with Crippen LogP contribution in [0.4, 0.5) is 4.79 Å². The zero-order valence-corrected chi connectivity index (χ0v) is 11.7. The first-order valence-electron chi connectivity index (χ1n) is 6.96. The first kappa shape index (κ1) is 14.1. The van der Waals surface area contributed by atoms with Gasteiger partial charge in [-0.1, -0.05) is 0 Å². The van der Waals surface area contributed by atoms with Crippen LogP contribution in [0.25, 0.3) is 0 Å². The number of carboxylic acid groups (broad SMARTS) is 1. The van der Waals surface area contributed by atoms with Crippen LogP contribution in [0.5, 0.6) is 0 Å². The molecule has 1 N–H and O–H groups in total. The molecule has 2 rings (SSSR count). The number of likely N-dealkylation sites (tertiary alicyclic amines) is 1. The van der Waals surface area contributed by atoms with E-state index in [0.29, 0.717) is 6.54 Å². The molecule has 19 heavy (non-hydrogen) atoms. The minimum atomic E-state index is -0.823. The number of nitrogens with zero attached hydrogens (tertiary/aromatic N) is 3. The molecule has 6 heteroatoms. The average molecular weight is 269 g/mol. The lowest BCUT2D eigenvalue weighted by Gasteiger charge is -2.41. The van der Waals surface area contributed by atoms with Crippen molar-refractivity contribution in [3.05, 3.63) is 0 Å². The number of urea groups is 1. The van der Waals surface area contributed by atoms with Gasteiger partial charge in [0.1, 0.15) is 0 Å². The van der Waals surface area contributed by atoms with Gasteiger partial charge in [0.15, 0.2) is 0 Å². The third-order valence-electron chi connectivity index (χ3n) is 4.11. The Labute approximate surface area is 114 Å². The highest BCUT2D eigenvalue weighted by atomic mass is 16.4. The molecule has 0 aromatic rings. The maximum absolute atomic E-state index is 12.5. The van der Waals surface area contributed by atoms with Crippen LogP contribution in [-0.4, -0.2) is 77.1 Å². The van der Waals surface area contributed by atoms with Gasteiger partial charge in [-0.15, -0.1) is 0 Å². The zero-order valence-electron chi connectivity index (χ0n) is 11.7. The Morgan fingerprint density at radius 2 is 1.95 bits per heavy atom. The lowest BCUT2D eigenvalue weighted by molar-refractivity contribution is -0.138. The summed E-state index contributed by atoms with van der Waals surface area (Å²) in [6.45, 7) is 5.23. The predicted molar refractivity (Wildman–Crippen MR) is 71.0 cm³/mol. The van der Waals surface area contributed by atoms with Crippen molar-refractivity contribution in [2.24, 2.45) is 0 Å². The van der Waals surface area contributed by atoms with Crippen molar-refractivity contribution in [3.63, 3.8) is 0 Å². The number of carboxylic acids is 1. The Hall–Kier alpha value is -1.30. The molecule has 2 saturated heterocycles. The van der Waals surface area contributed by atoms with E-state index in [1.807, 2.05) is 4.90 Å². The predicted octanol–water partition coefficient (Wildman–Crippen LogP) is 0.681. The standard InChI is InChI=1S/C13H23N3O3/c1-10-9-14(2)6-7-15(10)13(19)16-5-3-4-11(16)8-12(17)18/h10-11H,3-9H2,1-2H3,(H,17,18). The van der Waals surface area contributed by atoms with Gasteiger partial charge in [0.25, 0.3) is 0 Å². The molecule has 0 spiro atoms. The molecule has 0 saturated carbocycles. The van der Waals surface area contributed by atoms with Crippen LogP contribution in [0.2, 0.25) is 0 Å². The minimum Gasteiger partial charge on any atom is -0.481 e. The van der Waals surface area contributed by atoms with Crippen LogP contribution in [-0.2, 0) is 4.79 Å². The molecule has 2 amide bonds. The number of aliphatic carboxylic acids is 1. The van der Waals surface area contributed by atoms with Crippen molar-refractivity contribution in [1.29, 1.82) is 0 Å². The monoisotopic (exact) mass is 269 g/mol. The van der Waals surface area contributed by atoms with Gasteiger partial charge >= 0.3 is 12.0 Å². The summed E-state index contributed by atoms with van der Waals surface area (Å²) >= 11 is 0. The smallest absolute Gasteiger partial charge is 0.320 e. The summed E-state index contributed by atoms with van der Waals surface area (Å²) in [6.07, 6.45) is 1.78. The molecule has 0 aliphatic carbocycles. The van der Waals surface area contributed by atoms with E-state index in [1.165, 1.54) is 0 Å². The normalized spacial score (nSPS) is 28.7. The third kappa shape index (κ3) is 3.18. The highest BCUT2D eigenvalue weighted by molar-refractivity contribution is 5.77. The average Bonchev–Trinajstić information content (AvgIpc) is 2.75. The van der Waals surface area contributed by atoms with E-state index < -0.39 is 5.97 Å². The first-order chi connectivity index (χ1) is 8.99. The minimum absolute atomic E-state index is 0.0179. The molecule has 0 aromatic carbocycles. The van der Waals surface area contributed by atoms with Gasteiger partial charge < -0.3 is 19.8 Å². The largest absolute Gasteiger partial charge is 0.481 e. The Morgan fingerprint density at radius 3 is 2.58 bits per heavy atom. The Morgan fingerprint density at radius 1 is 1.21 bits per heavy atom. The highest BCUT2D eigenvalue weighted by Crippen LogP contribution is 2.23. The molecule has 2 aliphatic rings. The summed E-state index contributed by atoms with van der Waals surface area (Å²) in [7, 11) is 2.06. The van der Waals surface area contributed by atoms with Gasteiger partial charge in [-0.25, -0.2) is 4.79 Å². The van der Waals surface area contributed by atoms with Gasteiger partial charge in [0.2, 0.25) is 0 Å². The topological polar surface area (TPSA) is 64.1 Å². The summed E-state index contributed by atoms with van der Waals surface area (Å²) in [5.41, 5.74) is 0. The van der Waals surface area contributed by atoms with E-state index >= 15 is 0 Å². The van der Waals surface area contributed by atoms with Crippen molar-refractivity contribution in [3.8, 4) is 0 Å². The molecule has 2 atom stereocenters. The van der Waals surface area contributed by atoms with Gasteiger partial charge in [-0.05, 0) is 26.8 Å². The number of rotatable bonds is 2. The molecule has 0 bridgehead atoms. The van der Waals surface area contributed by atoms with Crippen LogP contribution in [0.3, 0.4) is 0 Å². The van der Waals surface area contributed by atoms with Crippen LogP contribution in [0.15, 0.2) is 0 Å². The molecule has 108 valence electrons. The second-order valence-electron chi connectivity index (χ2n) is 5.67. The molecule has 2 fully saturated rings. The van der Waals surface area contributed by atoms with Crippen molar-refractivity contribution in [1.82, 2.24) is 14.7 Å². The molecule has 0 aromatic heterocycles. The van der Waals surface area contributed by atoms with Crippen LogP contribution < -0.4 is 0 Å². The Kier molecular flexibility index (Phi) is 4.29. The van der Waals surface area contributed by atoms with Crippen LogP contribution in [0.1, 0.15) is 26.2 Å². The Bertz CT molecular complexity index is 361. The Balaban J connectivity index is 2.00. The molecular weight excluding hydrogens is 246 g/mol. The number of hydrogen-bond donors (Lipinski definition) is 1. The fraction of sp³-hybridized carbons (Fsp3) is 0.846. The molecule has 6 nitrogen and oxygen atoms in total. The van der Waals surface area contributed by atoms with E-state index in [1.54, 1.807) is 4.90 Å². The summed E-state index contributed by atoms with van der Waals surface area (Å²) in [5, 5.41) is 8.91. The maximum Gasteiger partial charge on any atom is 0.320 e. The number of carbonyl (C=O) groups excluding carboxylic acids is 1. The third-order valence-corrected chi connectivity index (χ3v) is 4.11. The summed E-state index contributed by atoms with van der Waals surface area (Å²) in [6, 6.07) is 0.0820. The lowest BCUT2D eigenvalue weighted by Crippen LogP contribution is -2.57. The fourth-order valence-electron chi connectivity index (χ4n) is 3.09. The van der Waals surface area contributed by atoms with E-state index in [-0.39, 0.29) is 24.5 Å². The van der Waals surface area contributed by atoms with Crippen LogP contribution >= 0.6 is 0 Å². The molecule has 2 unspecified atom stereocenters. The van der Waals surface area contributed by atoms with Gasteiger partial charge in [0.05, 0.1) is 6.42 Å². The highest BCUT2D eigenvalue weighted by Gasteiger charge is 2.35. The number of amides is 2. The van der Waals surface area contributed by atoms with Crippen molar-refractivity contribution in [2.75, 3.05) is 33.2 Å². The van der Waals surface area contributed by atoms with Gasteiger partial charge in [-0.2, -0.15) is 0 Å². The molecule has 2 aliphatic heterocycles. The number of hydrogen-bond acceptors (Lipinski definition) is 3. The quantitative estimate of drug-likeness (QED) is 0.801. The number of piperazine rings is 1. The van der Waals surface area contributed by atoms with Gasteiger partial charge in [0, 0.05) is 38.3 Å². The summed E-state index contributed by atoms with van der Waals surface area (Å²) < 4.78 is 0. The van der Waals surface area contributed by atoms with E-state index in [0.717, 1.165) is 32.5 Å². The SMILES string of the molecule is CC1CN(C)CCN1C(=O)N1CCCC1CC(=O)O. The lowest BCUT2D eigenvalue weighted by atomic mass is 10.1. The van der Waals surface area contributed by atoms with E-state index in [4.69, 9.17) is 5.11 Å². The van der Waals surface area contributed by atoms with Crippen molar-refractivity contribution < 1.29 is 14.7 Å². The zero-order chi connectivity index (χ0) is 14.0. The molecule has 2 heterocycles. The molecule has 0 radical (unpaired) electrons. The molecular formula is C13H23N3O3. The second kappa shape index (κ2) is 5.77. The number of likely N-dealkylation sites (N-methyl/N-ethyl adjacent to an activating group) is 1. The van der Waals surface area contributed by atoms with Gasteiger partial charge in [-0.3, -0.25) is 4.79 Å². The number of carbonyl (C=O) groups is 2. The van der Waals surface area contributed by atoms with Crippen molar-refractivity contribution >= 4 is 12.0 Å². The maximum atomic E-state index is 12.5. The first-order valence-corrected chi connectivity index (χ1v) is 6.96. The van der Waals surface area contributed by atoms with Crippen molar-refractivity contribution in [2.45, 2.75) is 38.3 Å². The fourth-order valence-corrected chi connectivity index (χ4v) is 3.09. The summed E-state index contributed by atoms with van der Waals surface area (Å²) in [5.74, 6) is -0.823. The van der Waals surface area contributed by atoms with E-state index in [9.17, 15) is 9.59 Å². The second-order valence-corrected chi connectivity index (χ2v) is 5.67. The summed E-state index contributed by atoms with van der Waals surface area (Å²) in [4.78, 5) is 29.3.